The van der Waals surface area contributed by atoms with Crippen LogP contribution in [0.2, 0.25) is 0 Å². The van der Waals surface area contributed by atoms with E-state index in [1.165, 1.54) is 25.7 Å². The molecule has 6 N–H and O–H groups in total. The van der Waals surface area contributed by atoms with Crippen molar-refractivity contribution in [2.75, 3.05) is 0 Å². The predicted octanol–water partition coefficient (Wildman–Crippen LogP) is 4.96. The number of carbonyl (C=O) groups is 1. The summed E-state index contributed by atoms with van der Waals surface area (Å²) in [4.78, 5) is 14.8. The highest BCUT2D eigenvalue weighted by atomic mass is 16.4. The Morgan fingerprint density at radius 3 is 2.25 bits per heavy atom. The summed E-state index contributed by atoms with van der Waals surface area (Å²) >= 11 is 0. The van der Waals surface area contributed by atoms with Crippen molar-refractivity contribution in [3.05, 3.63) is 24.0 Å². The van der Waals surface area contributed by atoms with Gasteiger partial charge in [-0.2, -0.15) is 0 Å². The van der Waals surface area contributed by atoms with E-state index in [1.54, 1.807) is 0 Å². The van der Waals surface area contributed by atoms with Crippen LogP contribution in [0.3, 0.4) is 0 Å². The fourth-order valence-electron chi connectivity index (χ4n) is 5.80. The molecule has 1 aliphatic carbocycles. The molecule has 1 aromatic rings. The minimum absolute atomic E-state index is 0.159. The zero-order valence-electron chi connectivity index (χ0n) is 22.3. The Hall–Kier alpha value is -1.41. The van der Waals surface area contributed by atoms with Crippen molar-refractivity contribution in [3.63, 3.8) is 0 Å². The van der Waals surface area contributed by atoms with Crippen LogP contribution in [-0.4, -0.2) is 60.4 Å². The first-order chi connectivity index (χ1) is 17.2. The molecule has 0 spiro atoms. The molecule has 7 heteroatoms. The number of carboxylic acids is 1. The smallest absolute Gasteiger partial charge is 0.309 e. The maximum Gasteiger partial charge on any atom is 0.309 e. The SMILES string of the molecule is CCCCCCC[C@H](O)CCCCCC[C@H](C(=O)O)[C@H](O)CC[C@@]1(O)C[C@@H](Cc2cc[nH]c2)C[C@H]1O. The quantitative estimate of drug-likeness (QED) is 0.138. The van der Waals surface area contributed by atoms with Crippen molar-refractivity contribution in [3.8, 4) is 0 Å². The van der Waals surface area contributed by atoms with Gasteiger partial charge in [0.1, 0.15) is 0 Å². The summed E-state index contributed by atoms with van der Waals surface area (Å²) < 4.78 is 0. The lowest BCUT2D eigenvalue weighted by atomic mass is 9.86. The van der Waals surface area contributed by atoms with Crippen LogP contribution in [0, 0.1) is 11.8 Å². The van der Waals surface area contributed by atoms with E-state index in [0.717, 1.165) is 50.5 Å². The Kier molecular flexibility index (Phi) is 14.1. The van der Waals surface area contributed by atoms with E-state index in [1.807, 2.05) is 18.5 Å². The Bertz CT molecular complexity index is 711. The molecule has 0 aliphatic heterocycles. The van der Waals surface area contributed by atoms with Crippen LogP contribution in [0.25, 0.3) is 0 Å². The van der Waals surface area contributed by atoms with Gasteiger partial charge >= 0.3 is 5.97 Å². The first kappa shape index (κ1) is 30.8. The molecule has 0 radical (unpaired) electrons. The fraction of sp³-hybridized carbons (Fsp3) is 0.828. The van der Waals surface area contributed by atoms with E-state index in [0.29, 0.717) is 25.7 Å². The lowest BCUT2D eigenvalue weighted by Crippen LogP contribution is -2.39. The summed E-state index contributed by atoms with van der Waals surface area (Å²) in [7, 11) is 0. The number of H-pyrrole nitrogens is 1. The lowest BCUT2D eigenvalue weighted by molar-refractivity contribution is -0.147. The third kappa shape index (κ3) is 10.9. The number of aliphatic carboxylic acids is 1. The van der Waals surface area contributed by atoms with Gasteiger partial charge in [0.2, 0.25) is 0 Å². The number of carboxylic acid groups (broad SMARTS) is 1. The second-order valence-corrected chi connectivity index (χ2v) is 11.2. The van der Waals surface area contributed by atoms with Gasteiger partial charge in [-0.25, -0.2) is 0 Å². The van der Waals surface area contributed by atoms with E-state index >= 15 is 0 Å². The van der Waals surface area contributed by atoms with Gasteiger partial charge in [0.15, 0.2) is 0 Å². The maximum absolute atomic E-state index is 11.8. The lowest BCUT2D eigenvalue weighted by Gasteiger charge is -2.29. The van der Waals surface area contributed by atoms with Crippen LogP contribution in [0.5, 0.6) is 0 Å². The van der Waals surface area contributed by atoms with Gasteiger partial charge in [-0.1, -0.05) is 64.7 Å². The Morgan fingerprint density at radius 1 is 1.03 bits per heavy atom. The van der Waals surface area contributed by atoms with Crippen LogP contribution in [0.1, 0.15) is 115 Å². The van der Waals surface area contributed by atoms with E-state index < -0.39 is 29.7 Å². The summed E-state index contributed by atoms with van der Waals surface area (Å²) in [6.07, 6.45) is 15.3. The van der Waals surface area contributed by atoms with E-state index in [4.69, 9.17) is 0 Å². The number of hydrogen-bond donors (Lipinski definition) is 6. The van der Waals surface area contributed by atoms with Gasteiger partial charge in [0, 0.05) is 12.4 Å². The molecule has 0 amide bonds. The number of unbranched alkanes of at least 4 members (excludes halogenated alkanes) is 7. The van der Waals surface area contributed by atoms with Crippen LogP contribution >= 0.6 is 0 Å². The molecule has 7 nitrogen and oxygen atoms in total. The van der Waals surface area contributed by atoms with Crippen molar-refractivity contribution < 1.29 is 30.3 Å². The maximum atomic E-state index is 11.8. The molecule has 6 atom stereocenters. The molecule has 0 aromatic carbocycles. The molecule has 1 saturated carbocycles. The minimum atomic E-state index is -1.28. The number of aliphatic hydroxyl groups excluding tert-OH is 3. The Morgan fingerprint density at radius 2 is 1.67 bits per heavy atom. The van der Waals surface area contributed by atoms with Crippen molar-refractivity contribution in [2.45, 2.75) is 140 Å². The minimum Gasteiger partial charge on any atom is -0.481 e. The molecular formula is C29H51NO6. The number of nitrogens with one attached hydrogen (secondary N) is 1. The monoisotopic (exact) mass is 509 g/mol. The van der Waals surface area contributed by atoms with Crippen LogP contribution < -0.4 is 0 Å². The van der Waals surface area contributed by atoms with E-state index in [-0.39, 0.29) is 24.9 Å². The third-order valence-corrected chi connectivity index (χ3v) is 8.10. The zero-order chi connectivity index (χ0) is 26.4. The average molecular weight is 510 g/mol. The molecule has 1 heterocycles. The Labute approximate surface area is 217 Å². The molecule has 208 valence electrons. The van der Waals surface area contributed by atoms with Crippen LogP contribution in [0.15, 0.2) is 18.5 Å². The predicted molar refractivity (Wildman–Crippen MR) is 142 cm³/mol. The summed E-state index contributed by atoms with van der Waals surface area (Å²) in [5.41, 5.74) is -0.138. The molecule has 36 heavy (non-hydrogen) atoms. The highest BCUT2D eigenvalue weighted by Crippen LogP contribution is 2.40. The average Bonchev–Trinajstić information content (AvgIpc) is 3.44. The van der Waals surface area contributed by atoms with Gasteiger partial charge in [0.05, 0.1) is 29.8 Å². The van der Waals surface area contributed by atoms with Crippen molar-refractivity contribution in [1.29, 1.82) is 0 Å². The molecule has 1 fully saturated rings. The summed E-state index contributed by atoms with van der Waals surface area (Å²) in [5, 5.41) is 51.9. The van der Waals surface area contributed by atoms with E-state index in [2.05, 4.69) is 11.9 Å². The molecule has 2 rings (SSSR count). The highest BCUT2D eigenvalue weighted by Gasteiger charge is 2.45. The van der Waals surface area contributed by atoms with Crippen molar-refractivity contribution >= 4 is 5.97 Å². The van der Waals surface area contributed by atoms with Crippen molar-refractivity contribution in [2.24, 2.45) is 11.8 Å². The van der Waals surface area contributed by atoms with Crippen molar-refractivity contribution in [1.82, 2.24) is 4.98 Å². The molecular weight excluding hydrogens is 458 g/mol. The standard InChI is InChI=1S/C29H51NO6/c1-2-3-4-5-8-11-24(31)12-9-6-7-10-13-25(28(34)35)26(32)14-16-29(36)20-23(19-27(29)33)18-22-15-17-30-21-22/h15,17,21,23-27,30-33,36H,2-14,16,18-20H2,1H3,(H,34,35)/t23-,24-,25-,26+,27+,29+/m0/s1. The van der Waals surface area contributed by atoms with Gasteiger partial charge in [-0.15, -0.1) is 0 Å². The number of rotatable bonds is 20. The zero-order valence-corrected chi connectivity index (χ0v) is 22.3. The van der Waals surface area contributed by atoms with E-state index in [9.17, 15) is 30.3 Å². The Balaban J connectivity index is 1.63. The molecule has 0 unspecified atom stereocenters. The summed E-state index contributed by atoms with van der Waals surface area (Å²) in [6.45, 7) is 2.20. The largest absolute Gasteiger partial charge is 0.481 e. The number of aromatic amines is 1. The van der Waals surface area contributed by atoms with Crippen LogP contribution in [0.4, 0.5) is 0 Å². The van der Waals surface area contributed by atoms with Gasteiger partial charge in [-0.3, -0.25) is 4.79 Å². The van der Waals surface area contributed by atoms with Gasteiger partial charge in [-0.05, 0) is 68.9 Å². The highest BCUT2D eigenvalue weighted by molar-refractivity contribution is 5.70. The molecule has 0 saturated heterocycles. The summed E-state index contributed by atoms with van der Waals surface area (Å²) in [5.74, 6) is -1.71. The number of aliphatic hydroxyl groups is 4. The summed E-state index contributed by atoms with van der Waals surface area (Å²) in [6, 6.07) is 1.99. The molecule has 1 aromatic heterocycles. The number of aromatic nitrogens is 1. The first-order valence-electron chi connectivity index (χ1n) is 14.4. The molecule has 1 aliphatic rings. The van der Waals surface area contributed by atoms with Gasteiger partial charge < -0.3 is 30.5 Å². The topological polar surface area (TPSA) is 134 Å². The second kappa shape index (κ2) is 16.4. The van der Waals surface area contributed by atoms with Crippen LogP contribution in [-0.2, 0) is 11.2 Å². The number of hydrogen-bond acceptors (Lipinski definition) is 5. The normalized spacial score (nSPS) is 24.6. The molecule has 0 bridgehead atoms. The second-order valence-electron chi connectivity index (χ2n) is 11.2. The van der Waals surface area contributed by atoms with Gasteiger partial charge in [0.25, 0.3) is 0 Å². The first-order valence-corrected chi connectivity index (χ1v) is 14.4. The third-order valence-electron chi connectivity index (χ3n) is 8.10. The fourth-order valence-corrected chi connectivity index (χ4v) is 5.80.